The fourth-order valence-corrected chi connectivity index (χ4v) is 2.68. The molecular formula is C20H25N3O2. The van der Waals surface area contributed by atoms with Crippen LogP contribution >= 0.6 is 0 Å². The van der Waals surface area contributed by atoms with Crippen molar-refractivity contribution in [3.63, 3.8) is 0 Å². The number of nitrogens with zero attached hydrogens (tertiary/aromatic N) is 1. The normalized spacial score (nSPS) is 10.4. The molecule has 0 heterocycles. The summed E-state index contributed by atoms with van der Waals surface area (Å²) < 4.78 is 0. The molecule has 2 aromatic rings. The van der Waals surface area contributed by atoms with Crippen molar-refractivity contribution in [2.75, 3.05) is 22.1 Å². The molecule has 2 aromatic carbocycles. The zero-order valence-electron chi connectivity index (χ0n) is 15.2. The smallest absolute Gasteiger partial charge is 0.246 e. The summed E-state index contributed by atoms with van der Waals surface area (Å²) in [6.45, 7) is 7.54. The van der Waals surface area contributed by atoms with Gasteiger partial charge in [-0.05, 0) is 50.6 Å². The molecule has 2 N–H and O–H groups in total. The van der Waals surface area contributed by atoms with Crippen LogP contribution in [-0.2, 0) is 9.59 Å². The summed E-state index contributed by atoms with van der Waals surface area (Å²) >= 11 is 0. The number of nitrogens with one attached hydrogen (secondary N) is 2. The van der Waals surface area contributed by atoms with Gasteiger partial charge in [0.25, 0.3) is 0 Å². The van der Waals surface area contributed by atoms with E-state index in [0.29, 0.717) is 5.69 Å². The monoisotopic (exact) mass is 339 g/mol. The van der Waals surface area contributed by atoms with Gasteiger partial charge in [0, 0.05) is 18.7 Å². The maximum Gasteiger partial charge on any atom is 0.246 e. The first-order valence-electron chi connectivity index (χ1n) is 8.37. The van der Waals surface area contributed by atoms with Gasteiger partial charge in [-0.25, -0.2) is 0 Å². The van der Waals surface area contributed by atoms with Crippen LogP contribution in [-0.4, -0.2) is 24.4 Å². The number of amides is 2. The fourth-order valence-electron chi connectivity index (χ4n) is 2.68. The first-order valence-corrected chi connectivity index (χ1v) is 8.37. The Morgan fingerprint density at radius 2 is 1.72 bits per heavy atom. The minimum absolute atomic E-state index is 0.0310. The van der Waals surface area contributed by atoms with E-state index >= 15 is 0 Å². The zero-order valence-corrected chi connectivity index (χ0v) is 15.2. The molecule has 0 atom stereocenters. The Hall–Kier alpha value is -2.82. The predicted octanol–water partition coefficient (Wildman–Crippen LogP) is 3.81. The summed E-state index contributed by atoms with van der Waals surface area (Å²) in [5.74, 6) is -0.178. The Kier molecular flexibility index (Phi) is 6.17. The number of carbonyl (C=O) groups is 2. The average molecular weight is 339 g/mol. The maximum atomic E-state index is 12.8. The number of benzene rings is 2. The molecule has 25 heavy (non-hydrogen) atoms. The lowest BCUT2D eigenvalue weighted by Gasteiger charge is -2.27. The van der Waals surface area contributed by atoms with Gasteiger partial charge in [-0.3, -0.25) is 9.59 Å². The van der Waals surface area contributed by atoms with Crippen LogP contribution in [0.4, 0.5) is 17.1 Å². The highest BCUT2D eigenvalue weighted by Crippen LogP contribution is 2.23. The lowest BCUT2D eigenvalue weighted by atomic mass is 10.2. The second-order valence-electron chi connectivity index (χ2n) is 6.28. The van der Waals surface area contributed by atoms with Crippen molar-refractivity contribution < 1.29 is 9.59 Å². The Labute approximate surface area is 149 Å². The van der Waals surface area contributed by atoms with E-state index in [1.807, 2.05) is 69.3 Å². The zero-order chi connectivity index (χ0) is 18.4. The summed E-state index contributed by atoms with van der Waals surface area (Å²) in [5, 5.41) is 5.94. The molecule has 0 saturated heterocycles. The highest BCUT2D eigenvalue weighted by molar-refractivity contribution is 5.98. The summed E-state index contributed by atoms with van der Waals surface area (Å²) in [7, 11) is 0. The van der Waals surface area contributed by atoms with Gasteiger partial charge in [0.15, 0.2) is 0 Å². The minimum atomic E-state index is -0.147. The SMILES string of the molecule is CC(=O)Nc1ccc(C)cc1NCC(=O)N(c1ccccc1)C(C)C. The third-order valence-corrected chi connectivity index (χ3v) is 3.74. The van der Waals surface area contributed by atoms with Gasteiger partial charge in [0.2, 0.25) is 11.8 Å². The highest BCUT2D eigenvalue weighted by atomic mass is 16.2. The summed E-state index contributed by atoms with van der Waals surface area (Å²) in [5.41, 5.74) is 3.32. The number of hydrogen-bond donors (Lipinski definition) is 2. The molecule has 0 radical (unpaired) electrons. The molecule has 0 aliphatic heterocycles. The van der Waals surface area contributed by atoms with Gasteiger partial charge >= 0.3 is 0 Å². The van der Waals surface area contributed by atoms with E-state index in [2.05, 4.69) is 10.6 Å². The molecule has 0 spiro atoms. The third-order valence-electron chi connectivity index (χ3n) is 3.74. The summed E-state index contributed by atoms with van der Waals surface area (Å²) in [4.78, 5) is 25.9. The number of hydrogen-bond acceptors (Lipinski definition) is 3. The maximum absolute atomic E-state index is 12.8. The van der Waals surface area contributed by atoms with Gasteiger partial charge in [0.05, 0.1) is 17.9 Å². The molecule has 2 amide bonds. The molecule has 0 aliphatic rings. The second kappa shape index (κ2) is 8.33. The van der Waals surface area contributed by atoms with Crippen LogP contribution in [0.15, 0.2) is 48.5 Å². The van der Waals surface area contributed by atoms with E-state index in [4.69, 9.17) is 0 Å². The molecular weight excluding hydrogens is 314 g/mol. The predicted molar refractivity (Wildman–Crippen MR) is 103 cm³/mol. The third kappa shape index (κ3) is 5.08. The topological polar surface area (TPSA) is 61.4 Å². The van der Waals surface area contributed by atoms with Crippen molar-refractivity contribution in [1.29, 1.82) is 0 Å². The van der Waals surface area contributed by atoms with E-state index in [1.165, 1.54) is 6.92 Å². The van der Waals surface area contributed by atoms with Gasteiger partial charge in [0.1, 0.15) is 0 Å². The van der Waals surface area contributed by atoms with E-state index in [1.54, 1.807) is 4.90 Å². The molecule has 0 unspecified atom stereocenters. The van der Waals surface area contributed by atoms with Gasteiger partial charge in [-0.15, -0.1) is 0 Å². The first-order chi connectivity index (χ1) is 11.9. The lowest BCUT2D eigenvalue weighted by Crippen LogP contribution is -2.40. The summed E-state index contributed by atoms with van der Waals surface area (Å²) in [6.07, 6.45) is 0. The highest BCUT2D eigenvalue weighted by Gasteiger charge is 2.19. The number of carbonyl (C=O) groups excluding carboxylic acids is 2. The van der Waals surface area contributed by atoms with Crippen LogP contribution in [0.25, 0.3) is 0 Å². The summed E-state index contributed by atoms with van der Waals surface area (Å²) in [6, 6.07) is 15.3. The van der Waals surface area contributed by atoms with Crippen LogP contribution in [0.2, 0.25) is 0 Å². The van der Waals surface area contributed by atoms with Crippen LogP contribution in [0.1, 0.15) is 26.3 Å². The Morgan fingerprint density at radius 1 is 1.04 bits per heavy atom. The number of rotatable bonds is 6. The Bertz CT molecular complexity index is 742. The van der Waals surface area contributed by atoms with Crippen LogP contribution in [0.3, 0.4) is 0 Å². The molecule has 0 aliphatic carbocycles. The molecule has 5 nitrogen and oxygen atoms in total. The molecule has 2 rings (SSSR count). The van der Waals surface area contributed by atoms with Crippen molar-refractivity contribution in [2.45, 2.75) is 33.7 Å². The number of aryl methyl sites for hydroxylation is 1. The van der Waals surface area contributed by atoms with Gasteiger partial charge < -0.3 is 15.5 Å². The Balaban J connectivity index is 2.15. The van der Waals surface area contributed by atoms with E-state index in [0.717, 1.165) is 16.9 Å². The van der Waals surface area contributed by atoms with Crippen LogP contribution < -0.4 is 15.5 Å². The number of anilines is 3. The van der Waals surface area contributed by atoms with E-state index < -0.39 is 0 Å². The fraction of sp³-hybridized carbons (Fsp3) is 0.300. The van der Waals surface area contributed by atoms with Crippen LogP contribution in [0.5, 0.6) is 0 Å². The van der Waals surface area contributed by atoms with Crippen molar-refractivity contribution in [1.82, 2.24) is 0 Å². The van der Waals surface area contributed by atoms with Crippen LogP contribution in [0, 0.1) is 6.92 Å². The Morgan fingerprint density at radius 3 is 2.32 bits per heavy atom. The van der Waals surface area contributed by atoms with Crippen molar-refractivity contribution >= 4 is 28.9 Å². The second-order valence-corrected chi connectivity index (χ2v) is 6.28. The lowest BCUT2D eigenvalue weighted by molar-refractivity contribution is -0.117. The largest absolute Gasteiger partial charge is 0.374 e. The first kappa shape index (κ1) is 18.5. The van der Waals surface area contributed by atoms with E-state index in [9.17, 15) is 9.59 Å². The quantitative estimate of drug-likeness (QED) is 0.841. The van der Waals surface area contributed by atoms with E-state index in [-0.39, 0.29) is 24.4 Å². The molecule has 0 saturated carbocycles. The van der Waals surface area contributed by atoms with Crippen molar-refractivity contribution in [3.8, 4) is 0 Å². The standard InChI is InChI=1S/C20H25N3O2/c1-14(2)23(17-8-6-5-7-9-17)20(25)13-21-19-12-15(3)10-11-18(19)22-16(4)24/h5-12,14,21H,13H2,1-4H3,(H,22,24). The van der Waals surface area contributed by atoms with Crippen molar-refractivity contribution in [3.05, 3.63) is 54.1 Å². The molecule has 0 fully saturated rings. The van der Waals surface area contributed by atoms with Gasteiger partial charge in [-0.2, -0.15) is 0 Å². The molecule has 5 heteroatoms. The van der Waals surface area contributed by atoms with Gasteiger partial charge in [-0.1, -0.05) is 24.3 Å². The minimum Gasteiger partial charge on any atom is -0.374 e. The number of para-hydroxylation sites is 1. The molecule has 132 valence electrons. The average Bonchev–Trinajstić information content (AvgIpc) is 2.55. The molecule has 0 aromatic heterocycles. The van der Waals surface area contributed by atoms with Crippen molar-refractivity contribution in [2.24, 2.45) is 0 Å². The molecule has 0 bridgehead atoms.